The van der Waals surface area contributed by atoms with E-state index in [1.54, 1.807) is 70.2 Å². The quantitative estimate of drug-likeness (QED) is 0.304. The zero-order chi connectivity index (χ0) is 30.0. The summed E-state index contributed by atoms with van der Waals surface area (Å²) in [7, 11) is 0. The first-order chi connectivity index (χ1) is 18.8. The van der Waals surface area contributed by atoms with Crippen LogP contribution < -0.4 is 16.4 Å². The van der Waals surface area contributed by atoms with Crippen LogP contribution in [0, 0.1) is 19.3 Å². The van der Waals surface area contributed by atoms with Gasteiger partial charge in [0.15, 0.2) is 0 Å². The predicted octanol–water partition coefficient (Wildman–Crippen LogP) is 3.29. The molecule has 5 N–H and O–H groups in total. The summed E-state index contributed by atoms with van der Waals surface area (Å²) in [5, 5.41) is 15.5. The van der Waals surface area contributed by atoms with E-state index in [0.29, 0.717) is 22.4 Å². The molecule has 0 radical (unpaired) electrons. The molecule has 40 heavy (non-hydrogen) atoms. The third kappa shape index (κ3) is 9.00. The number of nitrogens with one attached hydrogen (secondary N) is 2. The van der Waals surface area contributed by atoms with Crippen molar-refractivity contribution in [3.8, 4) is 12.3 Å². The number of rotatable bonds is 11. The van der Waals surface area contributed by atoms with E-state index in [9.17, 15) is 24.3 Å². The first kappa shape index (κ1) is 32.1. The van der Waals surface area contributed by atoms with Gasteiger partial charge < -0.3 is 31.1 Å². The van der Waals surface area contributed by atoms with Gasteiger partial charge >= 0.3 is 6.09 Å². The van der Waals surface area contributed by atoms with Gasteiger partial charge in [-0.25, -0.2) is 4.79 Å². The smallest absolute Gasteiger partial charge is 0.408 e. The average molecular weight is 571 g/mol. The minimum atomic E-state index is -1.35. The highest BCUT2D eigenvalue weighted by Crippen LogP contribution is 2.30. The van der Waals surface area contributed by atoms with Crippen molar-refractivity contribution in [2.75, 3.05) is 18.5 Å². The molecule has 0 fully saturated rings. The summed E-state index contributed by atoms with van der Waals surface area (Å²) >= 11 is 6.34. The number of benzene rings is 2. The molecule has 4 amide bonds. The molecule has 0 aliphatic heterocycles. The number of hydrogen-bond donors (Lipinski definition) is 4. The maximum absolute atomic E-state index is 14.0. The van der Waals surface area contributed by atoms with Crippen molar-refractivity contribution in [3.05, 3.63) is 64.2 Å². The standard InChI is InChI=1S/C29H35ClN4O6/c1-6-19-11-7-8-12-20(19)25(26(37)33-24-18(2)10-9-13-21(24)30)34(16-17-35)27(38)22(14-15-23(31)36)32-28(39)40-29(3,4)5/h1,7-13,22,25,35H,14-17H2,2-5H3,(H2,31,36)(H,32,39)(H,33,37). The minimum Gasteiger partial charge on any atom is -0.444 e. The van der Waals surface area contributed by atoms with Crippen molar-refractivity contribution in [1.29, 1.82) is 0 Å². The molecule has 11 heteroatoms. The van der Waals surface area contributed by atoms with Gasteiger partial charge in [0.2, 0.25) is 11.8 Å². The number of carbonyl (C=O) groups excluding carboxylic acids is 4. The molecule has 0 bridgehead atoms. The molecular weight excluding hydrogens is 536 g/mol. The van der Waals surface area contributed by atoms with Gasteiger partial charge in [0.05, 0.1) is 17.3 Å². The van der Waals surface area contributed by atoms with E-state index >= 15 is 0 Å². The van der Waals surface area contributed by atoms with Crippen molar-refractivity contribution < 1.29 is 29.0 Å². The number of amides is 4. The molecule has 0 aromatic heterocycles. The second kappa shape index (κ2) is 14.4. The van der Waals surface area contributed by atoms with E-state index < -0.39 is 48.1 Å². The normalized spacial score (nSPS) is 12.4. The number of terminal acetylenes is 1. The van der Waals surface area contributed by atoms with Crippen LogP contribution in [0.3, 0.4) is 0 Å². The van der Waals surface area contributed by atoms with Crippen LogP contribution in [0.2, 0.25) is 5.02 Å². The minimum absolute atomic E-state index is 0.177. The average Bonchev–Trinajstić information content (AvgIpc) is 2.87. The summed E-state index contributed by atoms with van der Waals surface area (Å²) in [5.41, 5.74) is 6.10. The van der Waals surface area contributed by atoms with Gasteiger partial charge in [-0.3, -0.25) is 14.4 Å². The maximum Gasteiger partial charge on any atom is 0.408 e. The largest absolute Gasteiger partial charge is 0.444 e. The third-order valence-electron chi connectivity index (χ3n) is 5.73. The predicted molar refractivity (Wildman–Crippen MR) is 152 cm³/mol. The number of anilines is 1. The molecule has 0 saturated heterocycles. The number of nitrogens with zero attached hydrogens (tertiary/aromatic N) is 1. The highest BCUT2D eigenvalue weighted by Gasteiger charge is 2.37. The van der Waals surface area contributed by atoms with Crippen LogP contribution >= 0.6 is 11.6 Å². The van der Waals surface area contributed by atoms with Crippen LogP contribution in [0.5, 0.6) is 0 Å². The number of primary amides is 1. The molecule has 2 rings (SSSR count). The van der Waals surface area contributed by atoms with E-state index in [1.807, 2.05) is 0 Å². The number of aliphatic hydroxyl groups excluding tert-OH is 1. The van der Waals surface area contributed by atoms with Gasteiger partial charge in [0.25, 0.3) is 5.91 Å². The molecule has 2 aromatic rings. The Hall–Kier alpha value is -4.07. The first-order valence-electron chi connectivity index (χ1n) is 12.6. The topological polar surface area (TPSA) is 151 Å². The monoisotopic (exact) mass is 570 g/mol. The van der Waals surface area contributed by atoms with Crippen molar-refractivity contribution in [1.82, 2.24) is 10.2 Å². The maximum atomic E-state index is 14.0. The summed E-state index contributed by atoms with van der Waals surface area (Å²) in [6, 6.07) is 8.97. The number of halogens is 1. The lowest BCUT2D eigenvalue weighted by Gasteiger charge is -2.34. The number of carbonyl (C=O) groups is 4. The van der Waals surface area contributed by atoms with Crippen LogP contribution in [0.15, 0.2) is 42.5 Å². The second-order valence-corrected chi connectivity index (χ2v) is 10.4. The van der Waals surface area contributed by atoms with Gasteiger partial charge in [-0.1, -0.05) is 47.9 Å². The van der Waals surface area contributed by atoms with Crippen LogP contribution in [0.4, 0.5) is 10.5 Å². The van der Waals surface area contributed by atoms with Crippen LogP contribution in [-0.2, 0) is 19.1 Å². The summed E-state index contributed by atoms with van der Waals surface area (Å²) in [6.45, 7) is 5.89. The van der Waals surface area contributed by atoms with Gasteiger partial charge in [-0.05, 0) is 57.4 Å². The number of alkyl carbamates (subject to hydrolysis) is 1. The van der Waals surface area contributed by atoms with E-state index in [4.69, 9.17) is 28.5 Å². The highest BCUT2D eigenvalue weighted by atomic mass is 35.5. The molecule has 2 aromatic carbocycles. The Bertz CT molecular complexity index is 1260. The SMILES string of the molecule is C#Cc1ccccc1C(C(=O)Nc1c(C)cccc1Cl)N(CCO)C(=O)C(CCC(N)=O)NC(=O)OC(C)(C)C. The van der Waals surface area contributed by atoms with Crippen LogP contribution in [0.1, 0.15) is 56.3 Å². The third-order valence-corrected chi connectivity index (χ3v) is 6.05. The number of ether oxygens (including phenoxy) is 1. The van der Waals surface area contributed by atoms with Gasteiger partial charge in [0, 0.05) is 18.5 Å². The number of aryl methyl sites for hydroxylation is 1. The molecule has 10 nitrogen and oxygen atoms in total. The Labute approximate surface area is 239 Å². The summed E-state index contributed by atoms with van der Waals surface area (Å²) in [4.78, 5) is 53.2. The zero-order valence-corrected chi connectivity index (χ0v) is 23.7. The molecular formula is C29H35ClN4O6. The fourth-order valence-electron chi connectivity index (χ4n) is 3.97. The van der Waals surface area contributed by atoms with E-state index in [-0.39, 0.29) is 24.4 Å². The second-order valence-electron chi connectivity index (χ2n) is 10.0. The number of aliphatic hydroxyl groups is 1. The van der Waals surface area contributed by atoms with E-state index in [1.165, 1.54) is 0 Å². The Morgan fingerprint density at radius 3 is 2.40 bits per heavy atom. The zero-order valence-electron chi connectivity index (χ0n) is 23.0. The number of nitrogens with two attached hydrogens (primary N) is 1. The Kier molecular flexibility index (Phi) is 11.5. The Balaban J connectivity index is 2.61. The lowest BCUT2D eigenvalue weighted by Crippen LogP contribution is -2.53. The van der Waals surface area contributed by atoms with Crippen LogP contribution in [0.25, 0.3) is 0 Å². The van der Waals surface area contributed by atoms with Gasteiger partial charge in [-0.2, -0.15) is 0 Å². The summed E-state index contributed by atoms with van der Waals surface area (Å²) < 4.78 is 5.29. The molecule has 2 atom stereocenters. The van der Waals surface area contributed by atoms with Crippen molar-refractivity contribution in [3.63, 3.8) is 0 Å². The summed E-state index contributed by atoms with van der Waals surface area (Å²) in [5.74, 6) is 0.407. The molecule has 2 unspecified atom stereocenters. The van der Waals surface area contributed by atoms with Gasteiger partial charge in [0.1, 0.15) is 17.7 Å². The van der Waals surface area contributed by atoms with Crippen molar-refractivity contribution in [2.24, 2.45) is 5.73 Å². The van der Waals surface area contributed by atoms with Gasteiger partial charge in [-0.15, -0.1) is 6.42 Å². The Morgan fingerprint density at radius 2 is 1.82 bits per heavy atom. The van der Waals surface area contributed by atoms with Crippen molar-refractivity contribution in [2.45, 2.75) is 58.2 Å². The molecule has 0 spiro atoms. The lowest BCUT2D eigenvalue weighted by molar-refractivity contribution is -0.141. The number of hydrogen-bond acceptors (Lipinski definition) is 6. The highest BCUT2D eigenvalue weighted by molar-refractivity contribution is 6.34. The molecule has 0 aliphatic rings. The Morgan fingerprint density at radius 1 is 1.15 bits per heavy atom. The van der Waals surface area contributed by atoms with E-state index in [0.717, 1.165) is 4.90 Å². The fraction of sp³-hybridized carbons (Fsp3) is 0.379. The lowest BCUT2D eigenvalue weighted by atomic mass is 9.97. The van der Waals surface area contributed by atoms with Crippen molar-refractivity contribution >= 4 is 41.1 Å². The molecule has 214 valence electrons. The van der Waals surface area contributed by atoms with E-state index in [2.05, 4.69) is 16.6 Å². The molecule has 0 heterocycles. The molecule has 0 saturated carbocycles. The van der Waals surface area contributed by atoms with Crippen LogP contribution in [-0.4, -0.2) is 58.6 Å². The number of para-hydroxylation sites is 1. The summed E-state index contributed by atoms with van der Waals surface area (Å²) in [6.07, 6.45) is 4.40. The fourth-order valence-corrected chi connectivity index (χ4v) is 4.24. The first-order valence-corrected chi connectivity index (χ1v) is 13.0. The molecule has 0 aliphatic carbocycles.